The Labute approximate surface area is 134 Å². The molecular weight excluding hydrogens is 296 g/mol. The lowest BCUT2D eigenvalue weighted by Crippen LogP contribution is -2.45. The lowest BCUT2D eigenvalue weighted by atomic mass is 10.1. The topological polar surface area (TPSA) is 90.0 Å². The van der Waals surface area contributed by atoms with Crippen molar-refractivity contribution in [1.29, 1.82) is 0 Å². The molecule has 2 N–H and O–H groups in total. The van der Waals surface area contributed by atoms with Crippen molar-refractivity contribution in [3.8, 4) is 0 Å². The second kappa shape index (κ2) is 6.03. The first-order chi connectivity index (χ1) is 11.2. The van der Waals surface area contributed by atoms with Crippen molar-refractivity contribution in [2.75, 3.05) is 6.61 Å². The van der Waals surface area contributed by atoms with Gasteiger partial charge < -0.3 is 19.7 Å². The first kappa shape index (κ1) is 14.8. The number of aliphatic hydroxyl groups is 1. The first-order valence-electron chi connectivity index (χ1n) is 8.10. The SMILES string of the molecule is Cn1ccnc1CN[C@@H]1[C@@H](O)CO[C@@H]1Cn1cc(C2CC2)nn1. The predicted molar refractivity (Wildman–Crippen MR) is 81.6 cm³/mol. The molecule has 0 radical (unpaired) electrons. The fraction of sp³-hybridized carbons (Fsp3) is 0.667. The number of nitrogens with one attached hydrogen (secondary N) is 1. The number of rotatable bonds is 6. The van der Waals surface area contributed by atoms with E-state index < -0.39 is 6.10 Å². The summed E-state index contributed by atoms with van der Waals surface area (Å²) in [4.78, 5) is 4.29. The van der Waals surface area contributed by atoms with Gasteiger partial charge in [-0.25, -0.2) is 9.67 Å². The number of aryl methyl sites for hydroxylation is 1. The lowest BCUT2D eigenvalue weighted by Gasteiger charge is -2.21. The summed E-state index contributed by atoms with van der Waals surface area (Å²) in [5, 5.41) is 22.0. The highest BCUT2D eigenvalue weighted by molar-refractivity contribution is 5.09. The Hall–Kier alpha value is -1.77. The second-order valence-corrected chi connectivity index (χ2v) is 6.44. The molecule has 23 heavy (non-hydrogen) atoms. The molecule has 3 atom stereocenters. The molecule has 8 heteroatoms. The number of aliphatic hydroxyl groups excluding tert-OH is 1. The number of imidazole rings is 1. The molecule has 1 aliphatic carbocycles. The molecule has 1 saturated carbocycles. The number of nitrogens with zero attached hydrogens (tertiary/aromatic N) is 5. The maximum Gasteiger partial charge on any atom is 0.122 e. The molecule has 0 amide bonds. The Morgan fingerprint density at radius 3 is 3.04 bits per heavy atom. The summed E-state index contributed by atoms with van der Waals surface area (Å²) >= 11 is 0. The highest BCUT2D eigenvalue weighted by Crippen LogP contribution is 2.38. The molecule has 124 valence electrons. The monoisotopic (exact) mass is 318 g/mol. The fourth-order valence-electron chi connectivity index (χ4n) is 3.04. The molecule has 2 fully saturated rings. The van der Waals surface area contributed by atoms with E-state index >= 15 is 0 Å². The van der Waals surface area contributed by atoms with Gasteiger partial charge in [-0.15, -0.1) is 5.10 Å². The van der Waals surface area contributed by atoms with Gasteiger partial charge in [-0.3, -0.25) is 0 Å². The molecule has 0 unspecified atom stereocenters. The smallest absolute Gasteiger partial charge is 0.122 e. The van der Waals surface area contributed by atoms with E-state index in [1.807, 2.05) is 28.7 Å². The van der Waals surface area contributed by atoms with Crippen LogP contribution in [0.2, 0.25) is 0 Å². The number of ether oxygens (including phenoxy) is 1. The normalized spacial score (nSPS) is 27.7. The molecule has 3 heterocycles. The summed E-state index contributed by atoms with van der Waals surface area (Å²) in [5.41, 5.74) is 1.07. The predicted octanol–water partition coefficient (Wildman–Crippen LogP) is -0.193. The van der Waals surface area contributed by atoms with Crippen LogP contribution in [0.4, 0.5) is 0 Å². The van der Waals surface area contributed by atoms with Crippen LogP contribution in [0, 0.1) is 0 Å². The summed E-state index contributed by atoms with van der Waals surface area (Å²) in [7, 11) is 1.96. The Morgan fingerprint density at radius 2 is 2.30 bits per heavy atom. The third-order valence-electron chi connectivity index (χ3n) is 4.63. The van der Waals surface area contributed by atoms with Crippen molar-refractivity contribution in [2.45, 2.75) is 50.1 Å². The zero-order valence-corrected chi connectivity index (χ0v) is 13.2. The zero-order chi connectivity index (χ0) is 15.8. The summed E-state index contributed by atoms with van der Waals surface area (Å²) in [5.74, 6) is 1.52. The van der Waals surface area contributed by atoms with Gasteiger partial charge in [0.2, 0.25) is 0 Å². The van der Waals surface area contributed by atoms with Crippen LogP contribution in [0.15, 0.2) is 18.6 Å². The molecular formula is C15H22N6O2. The Bertz CT molecular complexity index is 664. The average molecular weight is 318 g/mol. The highest BCUT2D eigenvalue weighted by atomic mass is 16.5. The van der Waals surface area contributed by atoms with Crippen LogP contribution < -0.4 is 5.32 Å². The van der Waals surface area contributed by atoms with Gasteiger partial charge in [-0.05, 0) is 12.8 Å². The van der Waals surface area contributed by atoms with Gasteiger partial charge in [0, 0.05) is 31.6 Å². The van der Waals surface area contributed by atoms with Crippen LogP contribution in [0.5, 0.6) is 0 Å². The zero-order valence-electron chi connectivity index (χ0n) is 13.2. The molecule has 1 aliphatic heterocycles. The van der Waals surface area contributed by atoms with Gasteiger partial charge in [0.1, 0.15) is 5.82 Å². The van der Waals surface area contributed by atoms with Gasteiger partial charge in [0.05, 0.1) is 43.6 Å². The van der Waals surface area contributed by atoms with Gasteiger partial charge >= 0.3 is 0 Å². The van der Waals surface area contributed by atoms with E-state index in [1.54, 1.807) is 6.20 Å². The number of hydrogen-bond acceptors (Lipinski definition) is 6. The minimum atomic E-state index is -0.522. The van der Waals surface area contributed by atoms with Crippen molar-refractivity contribution in [3.63, 3.8) is 0 Å². The fourth-order valence-corrected chi connectivity index (χ4v) is 3.04. The average Bonchev–Trinajstić information content (AvgIpc) is 3.00. The van der Waals surface area contributed by atoms with Gasteiger partial charge in [-0.2, -0.15) is 0 Å². The van der Waals surface area contributed by atoms with E-state index in [9.17, 15) is 5.11 Å². The molecule has 2 aromatic heterocycles. The number of aromatic nitrogens is 5. The van der Waals surface area contributed by atoms with Gasteiger partial charge in [0.25, 0.3) is 0 Å². The van der Waals surface area contributed by atoms with Crippen LogP contribution in [0.25, 0.3) is 0 Å². The van der Waals surface area contributed by atoms with Gasteiger partial charge in [0.15, 0.2) is 0 Å². The minimum absolute atomic E-state index is 0.126. The van der Waals surface area contributed by atoms with Crippen molar-refractivity contribution >= 4 is 0 Å². The van der Waals surface area contributed by atoms with Crippen molar-refractivity contribution in [3.05, 3.63) is 30.1 Å². The van der Waals surface area contributed by atoms with E-state index in [2.05, 4.69) is 20.6 Å². The Balaban J connectivity index is 1.38. The van der Waals surface area contributed by atoms with Crippen molar-refractivity contribution in [2.24, 2.45) is 7.05 Å². The molecule has 1 saturated heterocycles. The van der Waals surface area contributed by atoms with Crippen LogP contribution in [0.1, 0.15) is 30.3 Å². The largest absolute Gasteiger partial charge is 0.389 e. The second-order valence-electron chi connectivity index (χ2n) is 6.44. The summed E-state index contributed by atoms with van der Waals surface area (Å²) in [6.45, 7) is 1.53. The van der Waals surface area contributed by atoms with Crippen LogP contribution in [-0.2, 0) is 24.9 Å². The van der Waals surface area contributed by atoms with E-state index in [1.165, 1.54) is 12.8 Å². The van der Waals surface area contributed by atoms with Crippen LogP contribution in [0.3, 0.4) is 0 Å². The third kappa shape index (κ3) is 3.15. The van der Waals surface area contributed by atoms with E-state index in [-0.39, 0.29) is 12.1 Å². The van der Waals surface area contributed by atoms with E-state index in [0.29, 0.717) is 25.6 Å². The summed E-state index contributed by atoms with van der Waals surface area (Å²) in [6, 6.07) is -0.139. The minimum Gasteiger partial charge on any atom is -0.389 e. The first-order valence-corrected chi connectivity index (χ1v) is 8.10. The highest BCUT2D eigenvalue weighted by Gasteiger charge is 2.36. The molecule has 0 bridgehead atoms. The standard InChI is InChI=1S/C15H22N6O2/c1-20-5-4-16-14(20)6-17-15-12(22)9-23-13(15)8-21-7-11(18-19-21)10-2-3-10/h4-5,7,10,12-13,15,17,22H,2-3,6,8-9H2,1H3/t12-,13+,15+/m0/s1. The Morgan fingerprint density at radius 1 is 1.43 bits per heavy atom. The summed E-state index contributed by atoms with van der Waals surface area (Å²) in [6.07, 6.45) is 7.46. The molecule has 2 aromatic rings. The third-order valence-corrected chi connectivity index (χ3v) is 4.63. The summed E-state index contributed by atoms with van der Waals surface area (Å²) < 4.78 is 9.53. The number of hydrogen-bond donors (Lipinski definition) is 2. The van der Waals surface area contributed by atoms with Crippen LogP contribution in [-0.4, -0.2) is 54.5 Å². The van der Waals surface area contributed by atoms with Crippen molar-refractivity contribution < 1.29 is 9.84 Å². The van der Waals surface area contributed by atoms with Gasteiger partial charge in [-0.1, -0.05) is 5.21 Å². The van der Waals surface area contributed by atoms with Crippen LogP contribution >= 0.6 is 0 Å². The van der Waals surface area contributed by atoms with E-state index in [4.69, 9.17) is 4.74 Å². The Kier molecular flexibility index (Phi) is 3.88. The molecule has 4 rings (SSSR count). The molecule has 8 nitrogen and oxygen atoms in total. The van der Waals surface area contributed by atoms with E-state index in [0.717, 1.165) is 11.5 Å². The molecule has 0 aromatic carbocycles. The quantitative estimate of drug-likeness (QED) is 0.767. The molecule has 2 aliphatic rings. The molecule has 0 spiro atoms. The van der Waals surface area contributed by atoms with Crippen molar-refractivity contribution in [1.82, 2.24) is 29.9 Å². The maximum absolute atomic E-state index is 10.2. The maximum atomic E-state index is 10.2. The lowest BCUT2D eigenvalue weighted by molar-refractivity contribution is 0.0740.